The topological polar surface area (TPSA) is 26.3 Å². The van der Waals surface area contributed by atoms with Gasteiger partial charge in [0.05, 0.1) is 0 Å². The molecule has 0 saturated carbocycles. The van der Waals surface area contributed by atoms with Gasteiger partial charge in [0, 0.05) is 10.9 Å². The standard InChI is InChI=1S/C11H11BrO2/c12-9-6-4-8(5-7-9)10-2-1-3-11(13)14-10/h4-7,10H,1-3H2/t10-/m1/s1. The maximum atomic E-state index is 11.1. The summed E-state index contributed by atoms with van der Waals surface area (Å²) < 4.78 is 6.30. The normalized spacial score (nSPS) is 21.8. The van der Waals surface area contributed by atoms with Crippen LogP contribution in [0, 0.1) is 0 Å². The van der Waals surface area contributed by atoms with Gasteiger partial charge in [-0.05, 0) is 30.5 Å². The summed E-state index contributed by atoms with van der Waals surface area (Å²) in [5.41, 5.74) is 1.08. The summed E-state index contributed by atoms with van der Waals surface area (Å²) in [6.07, 6.45) is 2.39. The van der Waals surface area contributed by atoms with Crippen LogP contribution in [-0.2, 0) is 9.53 Å². The van der Waals surface area contributed by atoms with Crippen molar-refractivity contribution in [1.29, 1.82) is 0 Å². The highest BCUT2D eigenvalue weighted by Gasteiger charge is 2.21. The van der Waals surface area contributed by atoms with E-state index in [2.05, 4.69) is 15.9 Å². The number of hydrogen-bond acceptors (Lipinski definition) is 2. The summed E-state index contributed by atoms with van der Waals surface area (Å²) in [7, 11) is 0. The molecule has 0 bridgehead atoms. The van der Waals surface area contributed by atoms with Crippen LogP contribution in [0.3, 0.4) is 0 Å². The van der Waals surface area contributed by atoms with E-state index in [-0.39, 0.29) is 12.1 Å². The minimum absolute atomic E-state index is 0.0376. The first-order valence-corrected chi connectivity index (χ1v) is 5.50. The monoisotopic (exact) mass is 254 g/mol. The highest BCUT2D eigenvalue weighted by molar-refractivity contribution is 9.10. The molecule has 3 heteroatoms. The van der Waals surface area contributed by atoms with Gasteiger partial charge in [-0.15, -0.1) is 0 Å². The molecule has 1 aromatic rings. The molecule has 0 aromatic heterocycles. The van der Waals surface area contributed by atoms with Crippen molar-refractivity contribution >= 4 is 21.9 Å². The number of rotatable bonds is 1. The van der Waals surface area contributed by atoms with Gasteiger partial charge in [-0.2, -0.15) is 0 Å². The van der Waals surface area contributed by atoms with E-state index in [9.17, 15) is 4.79 Å². The van der Waals surface area contributed by atoms with Crippen LogP contribution >= 0.6 is 15.9 Å². The Morgan fingerprint density at radius 3 is 2.64 bits per heavy atom. The molecular weight excluding hydrogens is 244 g/mol. The lowest BCUT2D eigenvalue weighted by atomic mass is 10.0. The number of hydrogen-bond donors (Lipinski definition) is 0. The second kappa shape index (κ2) is 4.13. The molecule has 1 aliphatic heterocycles. The van der Waals surface area contributed by atoms with E-state index in [4.69, 9.17) is 4.74 Å². The van der Waals surface area contributed by atoms with E-state index < -0.39 is 0 Å². The van der Waals surface area contributed by atoms with Crippen molar-refractivity contribution in [3.8, 4) is 0 Å². The van der Waals surface area contributed by atoms with Gasteiger partial charge < -0.3 is 4.74 Å². The van der Waals surface area contributed by atoms with E-state index in [1.807, 2.05) is 24.3 Å². The number of carbonyl (C=O) groups excluding carboxylic acids is 1. The Morgan fingerprint density at radius 1 is 1.29 bits per heavy atom. The smallest absolute Gasteiger partial charge is 0.306 e. The minimum atomic E-state index is -0.0795. The third-order valence-electron chi connectivity index (χ3n) is 2.36. The quantitative estimate of drug-likeness (QED) is 0.720. The average Bonchev–Trinajstić information content (AvgIpc) is 2.19. The van der Waals surface area contributed by atoms with E-state index in [1.165, 1.54) is 0 Å². The molecule has 1 heterocycles. The van der Waals surface area contributed by atoms with Crippen molar-refractivity contribution in [2.24, 2.45) is 0 Å². The molecule has 14 heavy (non-hydrogen) atoms. The molecule has 0 aliphatic carbocycles. The number of halogens is 1. The van der Waals surface area contributed by atoms with Gasteiger partial charge in [-0.3, -0.25) is 4.79 Å². The molecule has 0 unspecified atom stereocenters. The number of ether oxygens (including phenoxy) is 1. The predicted molar refractivity (Wildman–Crippen MR) is 56.8 cm³/mol. The van der Waals surface area contributed by atoms with Gasteiger partial charge in [0.25, 0.3) is 0 Å². The minimum Gasteiger partial charge on any atom is -0.457 e. The fraction of sp³-hybridized carbons (Fsp3) is 0.364. The molecule has 0 N–H and O–H groups in total. The first kappa shape index (κ1) is 9.71. The van der Waals surface area contributed by atoms with Crippen molar-refractivity contribution in [1.82, 2.24) is 0 Å². The summed E-state index contributed by atoms with van der Waals surface area (Å²) in [5.74, 6) is -0.0795. The van der Waals surface area contributed by atoms with Crippen LogP contribution in [0.25, 0.3) is 0 Å². The van der Waals surface area contributed by atoms with E-state index >= 15 is 0 Å². The number of carbonyl (C=O) groups is 1. The Bertz CT molecular complexity index is 332. The molecule has 1 fully saturated rings. The molecule has 2 rings (SSSR count). The third kappa shape index (κ3) is 2.15. The Balaban J connectivity index is 2.14. The molecule has 1 aromatic carbocycles. The molecule has 1 atom stereocenters. The lowest BCUT2D eigenvalue weighted by Gasteiger charge is -2.22. The van der Waals surface area contributed by atoms with Crippen LogP contribution in [-0.4, -0.2) is 5.97 Å². The number of benzene rings is 1. The Kier molecular flexibility index (Phi) is 2.87. The highest BCUT2D eigenvalue weighted by atomic mass is 79.9. The summed E-state index contributed by atoms with van der Waals surface area (Å²) >= 11 is 3.37. The zero-order chi connectivity index (χ0) is 9.97. The Labute approximate surface area is 91.4 Å². The largest absolute Gasteiger partial charge is 0.457 e. The zero-order valence-electron chi connectivity index (χ0n) is 7.70. The summed E-state index contributed by atoms with van der Waals surface area (Å²) in [5, 5.41) is 0. The lowest BCUT2D eigenvalue weighted by molar-refractivity contribution is -0.154. The van der Waals surface area contributed by atoms with Gasteiger partial charge in [0.2, 0.25) is 0 Å². The van der Waals surface area contributed by atoms with Gasteiger partial charge in [-0.25, -0.2) is 0 Å². The summed E-state index contributed by atoms with van der Waals surface area (Å²) in [6.45, 7) is 0. The fourth-order valence-corrected chi connectivity index (χ4v) is 1.88. The van der Waals surface area contributed by atoms with Crippen LogP contribution in [0.1, 0.15) is 30.9 Å². The van der Waals surface area contributed by atoms with Crippen molar-refractivity contribution in [2.75, 3.05) is 0 Å². The molecule has 1 aliphatic rings. The van der Waals surface area contributed by atoms with Gasteiger partial charge in [0.15, 0.2) is 0 Å². The van der Waals surface area contributed by atoms with Crippen molar-refractivity contribution in [3.63, 3.8) is 0 Å². The average molecular weight is 255 g/mol. The molecular formula is C11H11BrO2. The molecule has 1 saturated heterocycles. The highest BCUT2D eigenvalue weighted by Crippen LogP contribution is 2.28. The molecule has 74 valence electrons. The van der Waals surface area contributed by atoms with Crippen LogP contribution in [0.5, 0.6) is 0 Å². The molecule has 0 radical (unpaired) electrons. The molecule has 0 amide bonds. The van der Waals surface area contributed by atoms with Crippen LogP contribution in [0.15, 0.2) is 28.7 Å². The maximum absolute atomic E-state index is 11.1. The lowest BCUT2D eigenvalue weighted by Crippen LogP contribution is -2.16. The summed E-state index contributed by atoms with van der Waals surface area (Å²) in [4.78, 5) is 11.1. The van der Waals surface area contributed by atoms with E-state index in [0.29, 0.717) is 6.42 Å². The SMILES string of the molecule is O=C1CCC[C@H](c2ccc(Br)cc2)O1. The van der Waals surface area contributed by atoms with Gasteiger partial charge in [0.1, 0.15) is 6.10 Å². The van der Waals surface area contributed by atoms with Crippen LogP contribution < -0.4 is 0 Å². The second-order valence-electron chi connectivity index (χ2n) is 3.42. The summed E-state index contributed by atoms with van der Waals surface area (Å²) in [6, 6.07) is 7.93. The van der Waals surface area contributed by atoms with Crippen molar-refractivity contribution in [2.45, 2.75) is 25.4 Å². The van der Waals surface area contributed by atoms with Crippen LogP contribution in [0.4, 0.5) is 0 Å². The number of cyclic esters (lactones) is 1. The molecule has 2 nitrogen and oxygen atoms in total. The van der Waals surface area contributed by atoms with Crippen molar-refractivity contribution in [3.05, 3.63) is 34.3 Å². The first-order valence-electron chi connectivity index (χ1n) is 4.70. The van der Waals surface area contributed by atoms with Gasteiger partial charge >= 0.3 is 5.97 Å². The van der Waals surface area contributed by atoms with E-state index in [0.717, 1.165) is 22.9 Å². The first-order chi connectivity index (χ1) is 6.75. The van der Waals surface area contributed by atoms with Crippen LogP contribution in [0.2, 0.25) is 0 Å². The van der Waals surface area contributed by atoms with Gasteiger partial charge in [-0.1, -0.05) is 28.1 Å². The van der Waals surface area contributed by atoms with Crippen molar-refractivity contribution < 1.29 is 9.53 Å². The Hall–Kier alpha value is -0.830. The third-order valence-corrected chi connectivity index (χ3v) is 2.89. The number of esters is 1. The van der Waals surface area contributed by atoms with E-state index in [1.54, 1.807) is 0 Å². The maximum Gasteiger partial charge on any atom is 0.306 e. The second-order valence-corrected chi connectivity index (χ2v) is 4.34. The zero-order valence-corrected chi connectivity index (χ0v) is 9.29. The Morgan fingerprint density at radius 2 is 2.00 bits per heavy atom. The predicted octanol–water partition coefficient (Wildman–Crippen LogP) is 3.22. The molecule has 0 spiro atoms. The fourth-order valence-electron chi connectivity index (χ4n) is 1.62.